The molecule has 2 heterocycles. The van der Waals surface area contributed by atoms with Gasteiger partial charge in [-0.15, -0.1) is 0 Å². The number of aromatic nitrogens is 2. The van der Waals surface area contributed by atoms with Crippen LogP contribution in [0.5, 0.6) is 0 Å². The van der Waals surface area contributed by atoms with Gasteiger partial charge in [0.15, 0.2) is 0 Å². The van der Waals surface area contributed by atoms with E-state index < -0.39 is 0 Å². The Balaban J connectivity index is 1.38. The molecule has 1 aromatic heterocycles. The van der Waals surface area contributed by atoms with Crippen LogP contribution < -0.4 is 10.6 Å². The van der Waals surface area contributed by atoms with Gasteiger partial charge in [0.2, 0.25) is 0 Å². The van der Waals surface area contributed by atoms with Crippen LogP contribution in [0.25, 0.3) is 11.4 Å². The number of nitrogens with zero attached hydrogens (tertiary/aromatic N) is 3. The van der Waals surface area contributed by atoms with E-state index in [0.717, 1.165) is 61.4 Å². The molecule has 2 aromatic rings. The second kappa shape index (κ2) is 13.9. The first-order valence-corrected chi connectivity index (χ1v) is 13.7. The van der Waals surface area contributed by atoms with Crippen molar-refractivity contribution in [3.8, 4) is 0 Å². The number of unbranched alkanes of at least 4 members (excludes halogenated alkanes) is 4. The van der Waals surface area contributed by atoms with E-state index >= 15 is 0 Å². The Kier molecular flexibility index (Phi) is 10.6. The molecule has 1 unspecified atom stereocenters. The minimum Gasteiger partial charge on any atom is -0.390 e. The average molecular weight is 504 g/mol. The molecule has 0 saturated carbocycles. The second-order valence-corrected chi connectivity index (χ2v) is 10.3. The minimum absolute atomic E-state index is 0.0718. The summed E-state index contributed by atoms with van der Waals surface area (Å²) < 4.78 is 2.01. The third-order valence-electron chi connectivity index (χ3n) is 7.27. The van der Waals surface area contributed by atoms with Crippen LogP contribution in [0, 0.1) is 0 Å². The van der Waals surface area contributed by atoms with Crippen molar-refractivity contribution in [2.24, 2.45) is 0 Å². The molecule has 0 amide bonds. The lowest BCUT2D eigenvalue weighted by molar-refractivity contribution is -0.108. The number of hydrogen-bond acceptors (Lipinski definition) is 5. The van der Waals surface area contributed by atoms with Gasteiger partial charge in [-0.1, -0.05) is 57.2 Å². The maximum Gasteiger partial charge on any atom is 0.120 e. The van der Waals surface area contributed by atoms with Gasteiger partial charge in [-0.05, 0) is 56.7 Å². The van der Waals surface area contributed by atoms with E-state index in [2.05, 4.69) is 72.4 Å². The molecule has 1 atom stereocenters. The lowest BCUT2D eigenvalue weighted by Crippen LogP contribution is -2.35. The van der Waals surface area contributed by atoms with Gasteiger partial charge in [0.25, 0.3) is 0 Å². The highest BCUT2D eigenvalue weighted by molar-refractivity contribution is 5.70. The van der Waals surface area contributed by atoms with Crippen LogP contribution in [-0.4, -0.2) is 40.6 Å². The van der Waals surface area contributed by atoms with Crippen LogP contribution in [0.1, 0.15) is 87.2 Å². The number of aldehydes is 1. The van der Waals surface area contributed by atoms with E-state index in [1.54, 1.807) is 0 Å². The summed E-state index contributed by atoms with van der Waals surface area (Å²) in [5, 5.41) is 11.0. The first-order chi connectivity index (χ1) is 17.9. The molecule has 37 heavy (non-hydrogen) atoms. The Labute approximate surface area is 223 Å². The fourth-order valence-electron chi connectivity index (χ4n) is 5.14. The van der Waals surface area contributed by atoms with Crippen LogP contribution in [0.2, 0.25) is 0 Å². The molecule has 1 aliphatic heterocycles. The molecule has 0 aliphatic carbocycles. The van der Waals surface area contributed by atoms with Gasteiger partial charge < -0.3 is 20.3 Å². The Morgan fingerprint density at radius 1 is 1.14 bits per heavy atom. The highest BCUT2D eigenvalue weighted by Gasteiger charge is 2.29. The number of aryl methyl sites for hydroxylation is 1. The third kappa shape index (κ3) is 7.37. The molecule has 0 spiro atoms. The summed E-state index contributed by atoms with van der Waals surface area (Å²) >= 11 is 0. The number of benzene rings is 1. The van der Waals surface area contributed by atoms with Crippen molar-refractivity contribution >= 4 is 17.7 Å². The SMILES string of the molecule is C=C(NCCCCCCCc1ccc2c(c1)CN(C(CCC=O)C(=C)NC)C2=C)c1ccnn1C(C)C. The van der Waals surface area contributed by atoms with E-state index in [0.29, 0.717) is 12.5 Å². The van der Waals surface area contributed by atoms with Crippen LogP contribution >= 0.6 is 0 Å². The first kappa shape index (κ1) is 28.3. The van der Waals surface area contributed by atoms with Gasteiger partial charge in [0.1, 0.15) is 6.29 Å². The number of carbonyl (C=O) groups excluding carboxylic acids is 1. The molecule has 1 aliphatic rings. The van der Waals surface area contributed by atoms with Gasteiger partial charge in [0.05, 0.1) is 17.4 Å². The second-order valence-electron chi connectivity index (χ2n) is 10.3. The quantitative estimate of drug-likeness (QED) is 0.202. The Morgan fingerprint density at radius 3 is 2.62 bits per heavy atom. The van der Waals surface area contributed by atoms with Crippen LogP contribution in [-0.2, 0) is 17.8 Å². The molecular weight excluding hydrogens is 458 g/mol. The van der Waals surface area contributed by atoms with E-state index in [-0.39, 0.29) is 6.04 Å². The third-order valence-corrected chi connectivity index (χ3v) is 7.27. The molecule has 6 heteroatoms. The predicted octanol–water partition coefficient (Wildman–Crippen LogP) is 6.08. The van der Waals surface area contributed by atoms with Crippen molar-refractivity contribution in [3.05, 3.63) is 78.3 Å². The fourth-order valence-corrected chi connectivity index (χ4v) is 5.14. The van der Waals surface area contributed by atoms with Gasteiger partial charge >= 0.3 is 0 Å². The Morgan fingerprint density at radius 2 is 1.89 bits per heavy atom. The summed E-state index contributed by atoms with van der Waals surface area (Å²) in [6, 6.07) is 9.23. The van der Waals surface area contributed by atoms with E-state index in [1.165, 1.54) is 42.4 Å². The lowest BCUT2D eigenvalue weighted by atomic mass is 10.0. The van der Waals surface area contributed by atoms with Gasteiger partial charge in [-0.2, -0.15) is 5.10 Å². The van der Waals surface area contributed by atoms with E-state index in [1.807, 2.05) is 24.0 Å². The summed E-state index contributed by atoms with van der Waals surface area (Å²) in [6.07, 6.45) is 11.3. The largest absolute Gasteiger partial charge is 0.390 e. The summed E-state index contributed by atoms with van der Waals surface area (Å²) in [5.74, 6) is 0. The highest BCUT2D eigenvalue weighted by atomic mass is 16.1. The van der Waals surface area contributed by atoms with E-state index in [9.17, 15) is 4.79 Å². The normalized spacial score (nSPS) is 13.5. The molecule has 6 nitrogen and oxygen atoms in total. The highest BCUT2D eigenvalue weighted by Crippen LogP contribution is 2.36. The maximum absolute atomic E-state index is 11.0. The maximum atomic E-state index is 11.0. The summed E-state index contributed by atoms with van der Waals surface area (Å²) in [6.45, 7) is 18.7. The monoisotopic (exact) mass is 503 g/mol. The Bertz CT molecular complexity index is 1080. The van der Waals surface area contributed by atoms with Crippen molar-refractivity contribution in [3.63, 3.8) is 0 Å². The lowest BCUT2D eigenvalue weighted by Gasteiger charge is -2.31. The zero-order valence-corrected chi connectivity index (χ0v) is 23.1. The number of likely N-dealkylation sites (N-methyl/N-ethyl adjacent to an activating group) is 1. The molecule has 0 radical (unpaired) electrons. The van der Waals surface area contributed by atoms with Crippen LogP contribution in [0.15, 0.2) is 55.9 Å². The molecular formula is C31H45N5O. The summed E-state index contributed by atoms with van der Waals surface area (Å²) in [5.41, 5.74) is 7.91. The summed E-state index contributed by atoms with van der Waals surface area (Å²) in [7, 11) is 1.89. The average Bonchev–Trinajstić information content (AvgIpc) is 3.51. The van der Waals surface area contributed by atoms with Crippen molar-refractivity contribution in [1.29, 1.82) is 0 Å². The van der Waals surface area contributed by atoms with Crippen molar-refractivity contribution < 1.29 is 4.79 Å². The number of fused-ring (bicyclic) bond motifs is 1. The van der Waals surface area contributed by atoms with Crippen molar-refractivity contribution in [2.45, 2.75) is 83.8 Å². The van der Waals surface area contributed by atoms with E-state index in [4.69, 9.17) is 0 Å². The molecule has 1 aromatic carbocycles. The number of nitrogens with one attached hydrogen (secondary N) is 2. The minimum atomic E-state index is 0.0718. The van der Waals surface area contributed by atoms with Crippen LogP contribution in [0.4, 0.5) is 0 Å². The molecule has 200 valence electrons. The van der Waals surface area contributed by atoms with Crippen LogP contribution in [0.3, 0.4) is 0 Å². The van der Waals surface area contributed by atoms with Gasteiger partial charge in [-0.3, -0.25) is 4.68 Å². The molecule has 0 saturated heterocycles. The molecule has 0 bridgehead atoms. The van der Waals surface area contributed by atoms with Crippen molar-refractivity contribution in [1.82, 2.24) is 25.3 Å². The fraction of sp³-hybridized carbons (Fsp3) is 0.484. The smallest absolute Gasteiger partial charge is 0.120 e. The zero-order valence-electron chi connectivity index (χ0n) is 23.1. The van der Waals surface area contributed by atoms with Crippen molar-refractivity contribution in [2.75, 3.05) is 13.6 Å². The molecule has 0 fully saturated rings. The number of carbonyl (C=O) groups is 1. The zero-order chi connectivity index (χ0) is 26.8. The standard InChI is InChI=1S/C31H45N5O/c1-23(2)36-31(17-19-34-36)25(4)33-18-11-9-7-8-10-13-27-15-16-29-26(5)35(22-28(29)21-27)30(14-12-20-37)24(3)32-6/h15-17,19-21,23,30,32-33H,3-5,7-14,18,22H2,1-2,6H3. The number of rotatable bonds is 17. The summed E-state index contributed by atoms with van der Waals surface area (Å²) in [4.78, 5) is 13.3. The predicted molar refractivity (Wildman–Crippen MR) is 155 cm³/mol. The number of hydrogen-bond donors (Lipinski definition) is 2. The van der Waals surface area contributed by atoms with Gasteiger partial charge in [0, 0.05) is 55.8 Å². The molecule has 2 N–H and O–H groups in total. The Hall–Kier alpha value is -3.28. The topological polar surface area (TPSA) is 62.2 Å². The van der Waals surface area contributed by atoms with Gasteiger partial charge in [-0.25, -0.2) is 0 Å². The first-order valence-electron chi connectivity index (χ1n) is 13.7. The molecule has 3 rings (SSSR count).